The summed E-state index contributed by atoms with van der Waals surface area (Å²) < 4.78 is 0. The first-order valence-electron chi connectivity index (χ1n) is 15.1. The Bertz CT molecular complexity index is 2060. The van der Waals surface area contributed by atoms with Gasteiger partial charge in [-0.15, -0.1) is 10.2 Å². The predicted molar refractivity (Wildman–Crippen MR) is 190 cm³/mol. The number of nitrogens with zero attached hydrogens (tertiary/aromatic N) is 9. The number of pyridine rings is 3. The number of hydrogen-bond acceptors (Lipinski definition) is 13. The zero-order chi connectivity index (χ0) is 36.7. The topological polar surface area (TPSA) is 269 Å². The summed E-state index contributed by atoms with van der Waals surface area (Å²) in [6, 6.07) is 30.4. The maximum atomic E-state index is 13.1. The monoisotopic (exact) mass is 748 g/mol. The Morgan fingerprint density at radius 3 is 1.26 bits per heavy atom. The predicted octanol–water partition coefficient (Wildman–Crippen LogP) is 0.296. The van der Waals surface area contributed by atoms with Crippen molar-refractivity contribution in [3.63, 3.8) is 0 Å². The molecule has 18 heteroatoms. The third-order valence-corrected chi connectivity index (χ3v) is 6.60. The van der Waals surface area contributed by atoms with E-state index in [1.165, 1.54) is 30.6 Å². The Hall–Kier alpha value is -7.43. The van der Waals surface area contributed by atoms with Gasteiger partial charge in [0.2, 0.25) is 0 Å². The van der Waals surface area contributed by atoms with E-state index in [-0.39, 0.29) is 51.6 Å². The molecule has 0 aliphatic carbocycles. The maximum Gasteiger partial charge on any atom is 2.00 e. The number of hydrogen-bond donors (Lipinski definition) is 4. The molecule has 0 aliphatic rings. The van der Waals surface area contributed by atoms with E-state index in [0.717, 1.165) is 0 Å². The van der Waals surface area contributed by atoms with E-state index in [9.17, 15) is 19.8 Å². The van der Waals surface area contributed by atoms with Crippen LogP contribution in [-0.4, -0.2) is 61.7 Å². The molecule has 0 saturated heterocycles. The number of carbonyl (C=O) groups excluding carboxylic acids is 2. The summed E-state index contributed by atoms with van der Waals surface area (Å²) in [7, 11) is 0. The molecule has 263 valence electrons. The minimum atomic E-state index is -0.912. The molecule has 6 N–H and O–H groups in total. The summed E-state index contributed by atoms with van der Waals surface area (Å²) in [5, 5.41) is 48.8. The molecule has 0 fully saturated rings. The number of nitrogens with one attached hydrogen (secondary N) is 2. The van der Waals surface area contributed by atoms with Gasteiger partial charge in [0.05, 0.1) is 0 Å². The molecule has 0 spiro atoms. The number of amides is 2. The minimum Gasteiger partial charge on any atom is -0.856 e. The number of carbonyl (C=O) groups is 2. The fourth-order valence-corrected chi connectivity index (χ4v) is 4.10. The number of hydrazone groups is 2. The van der Waals surface area contributed by atoms with Crippen molar-refractivity contribution in [1.29, 1.82) is 0 Å². The van der Waals surface area contributed by atoms with Gasteiger partial charge in [-0.2, -0.15) is 20.4 Å². The van der Waals surface area contributed by atoms with Crippen molar-refractivity contribution in [1.82, 2.24) is 25.8 Å². The van der Waals surface area contributed by atoms with E-state index in [0.29, 0.717) is 22.5 Å². The number of aromatic nitrogens is 3. The molecule has 0 unspecified atom stereocenters. The van der Waals surface area contributed by atoms with Crippen LogP contribution in [0.5, 0.6) is 0 Å². The average Bonchev–Trinajstić information content (AvgIpc) is 3.20. The van der Waals surface area contributed by atoms with Crippen LogP contribution in [0.1, 0.15) is 43.5 Å². The van der Waals surface area contributed by atoms with Crippen LogP contribution in [0.2, 0.25) is 0 Å². The van der Waals surface area contributed by atoms with Crippen molar-refractivity contribution in [3.05, 3.63) is 162 Å². The Balaban J connectivity index is 0.00000627. The van der Waals surface area contributed by atoms with Crippen molar-refractivity contribution in [2.75, 3.05) is 0 Å². The molecular weight excluding hydrogens is 721 g/mol. The smallest absolute Gasteiger partial charge is 0.856 e. The Kier molecular flexibility index (Phi) is 13.8. The number of nitrogens with two attached hydrogens (primary N) is 2. The third kappa shape index (κ3) is 10.8. The summed E-state index contributed by atoms with van der Waals surface area (Å²) in [6.07, 6.45) is 3.01. The van der Waals surface area contributed by atoms with E-state index in [1.807, 2.05) is 0 Å². The van der Waals surface area contributed by atoms with Crippen molar-refractivity contribution in [2.24, 2.45) is 42.1 Å². The van der Waals surface area contributed by atoms with Crippen LogP contribution < -0.4 is 32.5 Å². The fourth-order valence-electron chi connectivity index (χ4n) is 4.10. The van der Waals surface area contributed by atoms with Crippen molar-refractivity contribution in [3.8, 4) is 0 Å². The standard InChI is InChI=1S/C35H29N13O4.Mn/c36-30(24-16-7-9-20-38-24)43-47-34(51)28(22-12-3-1-4-13-22)41-45-32(49)26-18-11-19-27(40-26)33(50)46-42-29(23-14-5-2-6-15-23)35(52)48-44-31(37)25-17-8-10-21-39-25;/h1-21H,(H2,36,43)(H2,37,44)(H,45,49)(H,46,50)(H,47,51)(H,48,52);/q;+2/p-2/b41-28-,42-29-;. The van der Waals surface area contributed by atoms with Gasteiger partial charge in [-0.25, -0.2) is 15.8 Å². The molecule has 5 aromatic rings. The molecule has 17 nitrogen and oxygen atoms in total. The molecule has 0 aliphatic heterocycles. The SMILES string of the molecule is N\C(=N/N=C([O-])/C(=N\NC(=O)c1cccc(C(=O)N\N=C(/C([O-])=N/N=C(\N)c2ccccn2)c2ccccc2)n1)c1ccccc1)c1ccccn1.[Mn+2]. The van der Waals surface area contributed by atoms with E-state index in [4.69, 9.17) is 11.5 Å². The molecule has 3 aromatic heterocycles. The molecular formula is C35H27MnN13O4. The quantitative estimate of drug-likeness (QED) is 0.0590. The second-order valence-corrected chi connectivity index (χ2v) is 10.2. The first-order chi connectivity index (χ1) is 25.3. The van der Waals surface area contributed by atoms with Gasteiger partial charge in [-0.05, 0) is 36.4 Å². The molecule has 0 bridgehead atoms. The number of benzene rings is 2. The Labute approximate surface area is 312 Å². The molecule has 2 amide bonds. The zero-order valence-electron chi connectivity index (χ0n) is 27.3. The van der Waals surface area contributed by atoms with Crippen molar-refractivity contribution in [2.45, 2.75) is 0 Å². The minimum absolute atomic E-state index is 0. The molecule has 2 aromatic carbocycles. The van der Waals surface area contributed by atoms with Crippen LogP contribution >= 0.6 is 0 Å². The summed E-state index contributed by atoms with van der Waals surface area (Å²) in [5.74, 6) is -3.77. The first kappa shape index (κ1) is 38.4. The molecule has 3 heterocycles. The molecule has 53 heavy (non-hydrogen) atoms. The van der Waals surface area contributed by atoms with Crippen molar-refractivity contribution < 1.29 is 36.9 Å². The van der Waals surface area contributed by atoms with Crippen LogP contribution in [0.4, 0.5) is 0 Å². The van der Waals surface area contributed by atoms with Crippen molar-refractivity contribution >= 4 is 46.7 Å². The van der Waals surface area contributed by atoms with Gasteiger partial charge in [0.1, 0.15) is 34.2 Å². The third-order valence-electron chi connectivity index (χ3n) is 6.60. The average molecular weight is 749 g/mol. The summed E-state index contributed by atoms with van der Waals surface area (Å²) in [5.41, 5.74) is 16.6. The molecule has 1 radical (unpaired) electrons. The summed E-state index contributed by atoms with van der Waals surface area (Å²) in [6.45, 7) is 0. The Morgan fingerprint density at radius 1 is 0.509 bits per heavy atom. The van der Waals surface area contributed by atoms with Crippen LogP contribution in [0, 0.1) is 0 Å². The summed E-state index contributed by atoms with van der Waals surface area (Å²) >= 11 is 0. The van der Waals surface area contributed by atoms with E-state index < -0.39 is 23.6 Å². The van der Waals surface area contributed by atoms with Gasteiger partial charge in [0.25, 0.3) is 11.8 Å². The number of rotatable bonds is 12. The molecule has 0 saturated carbocycles. The van der Waals surface area contributed by atoms with Gasteiger partial charge in [-0.3, -0.25) is 19.6 Å². The van der Waals surface area contributed by atoms with Crippen LogP contribution in [-0.2, 0) is 17.1 Å². The van der Waals surface area contributed by atoms with Gasteiger partial charge < -0.3 is 21.7 Å². The van der Waals surface area contributed by atoms with E-state index in [2.05, 4.69) is 56.4 Å². The van der Waals surface area contributed by atoms with Gasteiger partial charge in [0, 0.05) is 35.3 Å². The van der Waals surface area contributed by atoms with Gasteiger partial charge >= 0.3 is 17.1 Å². The summed E-state index contributed by atoms with van der Waals surface area (Å²) in [4.78, 5) is 38.3. The molecule has 0 atom stereocenters. The van der Waals surface area contributed by atoms with E-state index in [1.54, 1.807) is 97.1 Å². The Morgan fingerprint density at radius 2 is 0.887 bits per heavy atom. The maximum absolute atomic E-state index is 13.1. The largest absolute Gasteiger partial charge is 2.00 e. The van der Waals surface area contributed by atoms with Gasteiger partial charge in [-0.1, -0.05) is 78.9 Å². The van der Waals surface area contributed by atoms with Gasteiger partial charge in [0.15, 0.2) is 11.7 Å². The molecule has 5 rings (SSSR count). The first-order valence-corrected chi connectivity index (χ1v) is 15.1. The van der Waals surface area contributed by atoms with E-state index >= 15 is 0 Å². The number of amidine groups is 2. The normalized spacial score (nSPS) is 12.8. The van der Waals surface area contributed by atoms with Crippen LogP contribution in [0.25, 0.3) is 0 Å². The second-order valence-electron chi connectivity index (χ2n) is 10.2. The van der Waals surface area contributed by atoms with Crippen LogP contribution in [0.3, 0.4) is 0 Å². The zero-order valence-corrected chi connectivity index (χ0v) is 28.5. The van der Waals surface area contributed by atoms with Crippen LogP contribution in [0.15, 0.2) is 158 Å². The second kappa shape index (κ2) is 19.1. The fraction of sp³-hybridized carbons (Fsp3) is 0.